The Labute approximate surface area is 157 Å². The summed E-state index contributed by atoms with van der Waals surface area (Å²) in [6.07, 6.45) is 1.61. The van der Waals surface area contributed by atoms with Gasteiger partial charge in [0.2, 0.25) is 0 Å². The van der Waals surface area contributed by atoms with Crippen molar-refractivity contribution < 1.29 is 19.1 Å². The van der Waals surface area contributed by atoms with E-state index in [0.717, 1.165) is 5.56 Å². The molecule has 0 fully saturated rings. The topological polar surface area (TPSA) is 72.0 Å². The fourth-order valence-electron chi connectivity index (χ4n) is 2.38. The summed E-state index contributed by atoms with van der Waals surface area (Å²) in [6.45, 7) is 4.38. The molecule has 0 amide bonds. The molecular formula is C22H21NO4. The van der Waals surface area contributed by atoms with Gasteiger partial charge in [-0.1, -0.05) is 26.0 Å². The highest BCUT2D eigenvalue weighted by atomic mass is 16.5. The van der Waals surface area contributed by atoms with Gasteiger partial charge in [0.1, 0.15) is 17.3 Å². The van der Waals surface area contributed by atoms with Gasteiger partial charge in [0, 0.05) is 5.56 Å². The van der Waals surface area contributed by atoms with Crippen LogP contribution in [0, 0.1) is 5.92 Å². The number of furan rings is 1. The van der Waals surface area contributed by atoms with Crippen molar-refractivity contribution in [1.82, 2.24) is 0 Å². The van der Waals surface area contributed by atoms with Crippen LogP contribution in [0.1, 0.15) is 30.0 Å². The number of rotatable bonds is 6. The van der Waals surface area contributed by atoms with Gasteiger partial charge in [-0.25, -0.2) is 4.79 Å². The van der Waals surface area contributed by atoms with Crippen LogP contribution in [0.5, 0.6) is 5.75 Å². The number of hydrogen-bond acceptors (Lipinski definition) is 5. The second-order valence-corrected chi connectivity index (χ2v) is 6.55. The fraction of sp³-hybridized carbons (Fsp3) is 0.182. The number of aliphatic imine (C=N–C) groups is 1. The van der Waals surface area contributed by atoms with Gasteiger partial charge >= 0.3 is 5.97 Å². The molecule has 0 aliphatic heterocycles. The van der Waals surface area contributed by atoms with E-state index < -0.39 is 0 Å². The van der Waals surface area contributed by atoms with Crippen LogP contribution < -0.4 is 0 Å². The second-order valence-electron chi connectivity index (χ2n) is 6.55. The molecule has 138 valence electrons. The van der Waals surface area contributed by atoms with Gasteiger partial charge in [-0.2, -0.15) is 0 Å². The number of benzene rings is 2. The van der Waals surface area contributed by atoms with Gasteiger partial charge in [0.25, 0.3) is 0 Å². The van der Waals surface area contributed by atoms with Crippen LogP contribution in [-0.2, 0) is 4.74 Å². The minimum Gasteiger partial charge on any atom is -0.508 e. The van der Waals surface area contributed by atoms with E-state index in [4.69, 9.17) is 9.15 Å². The van der Waals surface area contributed by atoms with Crippen LogP contribution >= 0.6 is 0 Å². The molecule has 3 rings (SSSR count). The molecule has 0 atom stereocenters. The maximum Gasteiger partial charge on any atom is 0.338 e. The SMILES string of the molecule is CC(C)COC(=O)c1cccc(-c2ccc(C=Nc3ccc(O)cc3)o2)c1. The Balaban J connectivity index is 1.73. The molecule has 3 aromatic rings. The first-order valence-electron chi connectivity index (χ1n) is 8.72. The standard InChI is InChI=1S/C22H21NO4/c1-15(2)14-26-22(25)17-5-3-4-16(12-17)21-11-10-20(27-21)13-23-18-6-8-19(24)9-7-18/h3-13,15,24H,14H2,1-2H3. The summed E-state index contributed by atoms with van der Waals surface area (Å²) < 4.78 is 11.1. The van der Waals surface area contributed by atoms with E-state index in [9.17, 15) is 9.90 Å². The molecule has 0 saturated heterocycles. The van der Waals surface area contributed by atoms with Crippen LogP contribution in [0.4, 0.5) is 5.69 Å². The van der Waals surface area contributed by atoms with Crippen molar-refractivity contribution in [2.45, 2.75) is 13.8 Å². The Morgan fingerprint density at radius 1 is 1.15 bits per heavy atom. The number of esters is 1. The Hall–Kier alpha value is -3.34. The lowest BCUT2D eigenvalue weighted by Crippen LogP contribution is -2.10. The first-order chi connectivity index (χ1) is 13.0. The Morgan fingerprint density at radius 2 is 1.93 bits per heavy atom. The number of carbonyl (C=O) groups is 1. The van der Waals surface area contributed by atoms with Crippen molar-refractivity contribution in [3.8, 4) is 17.1 Å². The Morgan fingerprint density at radius 3 is 2.67 bits per heavy atom. The Bertz CT molecular complexity index is 939. The molecule has 0 unspecified atom stereocenters. The summed E-state index contributed by atoms with van der Waals surface area (Å²) >= 11 is 0. The lowest BCUT2D eigenvalue weighted by Gasteiger charge is -2.07. The van der Waals surface area contributed by atoms with E-state index in [1.165, 1.54) is 0 Å². The zero-order chi connectivity index (χ0) is 19.2. The zero-order valence-corrected chi connectivity index (χ0v) is 15.3. The van der Waals surface area contributed by atoms with E-state index >= 15 is 0 Å². The molecule has 1 N–H and O–H groups in total. The van der Waals surface area contributed by atoms with Gasteiger partial charge in [-0.05, 0) is 54.4 Å². The lowest BCUT2D eigenvalue weighted by molar-refractivity contribution is 0.0459. The summed E-state index contributed by atoms with van der Waals surface area (Å²) in [4.78, 5) is 16.4. The molecule has 1 heterocycles. The largest absolute Gasteiger partial charge is 0.508 e. The monoisotopic (exact) mass is 363 g/mol. The van der Waals surface area contributed by atoms with Crippen molar-refractivity contribution in [2.24, 2.45) is 10.9 Å². The predicted octanol–water partition coefficient (Wildman–Crippen LogP) is 5.22. The summed E-state index contributed by atoms with van der Waals surface area (Å²) in [7, 11) is 0. The average Bonchev–Trinajstić information content (AvgIpc) is 3.15. The molecule has 5 nitrogen and oxygen atoms in total. The molecule has 0 radical (unpaired) electrons. The van der Waals surface area contributed by atoms with Crippen LogP contribution in [0.25, 0.3) is 11.3 Å². The summed E-state index contributed by atoms with van der Waals surface area (Å²) in [6, 6.07) is 17.4. The highest BCUT2D eigenvalue weighted by Gasteiger charge is 2.11. The first kappa shape index (κ1) is 18.5. The molecule has 5 heteroatoms. The fourth-order valence-corrected chi connectivity index (χ4v) is 2.38. The average molecular weight is 363 g/mol. The van der Waals surface area contributed by atoms with Gasteiger partial charge in [0.05, 0.1) is 24.1 Å². The normalized spacial score (nSPS) is 11.2. The molecule has 0 spiro atoms. The van der Waals surface area contributed by atoms with E-state index in [-0.39, 0.29) is 17.6 Å². The lowest BCUT2D eigenvalue weighted by atomic mass is 10.1. The molecular weight excluding hydrogens is 342 g/mol. The molecule has 27 heavy (non-hydrogen) atoms. The molecule has 0 aliphatic rings. The first-order valence-corrected chi connectivity index (χ1v) is 8.72. The molecule has 0 bridgehead atoms. The van der Waals surface area contributed by atoms with Crippen molar-refractivity contribution in [3.05, 3.63) is 72.0 Å². The third-order valence-corrected chi connectivity index (χ3v) is 3.75. The van der Waals surface area contributed by atoms with Gasteiger partial charge < -0.3 is 14.3 Å². The number of hydrogen-bond donors (Lipinski definition) is 1. The second kappa shape index (κ2) is 8.36. The van der Waals surface area contributed by atoms with E-state index in [1.807, 2.05) is 32.0 Å². The van der Waals surface area contributed by atoms with Crippen LogP contribution in [0.3, 0.4) is 0 Å². The van der Waals surface area contributed by atoms with Gasteiger partial charge in [-0.15, -0.1) is 0 Å². The molecule has 0 saturated carbocycles. The van der Waals surface area contributed by atoms with E-state index in [2.05, 4.69) is 4.99 Å². The van der Waals surface area contributed by atoms with E-state index in [0.29, 0.717) is 29.4 Å². The number of phenolic OH excluding ortho intramolecular Hbond substituents is 1. The van der Waals surface area contributed by atoms with Gasteiger partial charge in [0.15, 0.2) is 0 Å². The summed E-state index contributed by atoms with van der Waals surface area (Å²) in [5.41, 5.74) is 1.99. The van der Waals surface area contributed by atoms with E-state index in [1.54, 1.807) is 48.7 Å². The molecule has 2 aromatic carbocycles. The number of aromatic hydroxyl groups is 1. The number of phenols is 1. The summed E-state index contributed by atoms with van der Waals surface area (Å²) in [5, 5.41) is 9.29. The highest BCUT2D eigenvalue weighted by molar-refractivity contribution is 5.91. The van der Waals surface area contributed by atoms with Crippen molar-refractivity contribution in [2.75, 3.05) is 6.61 Å². The quantitative estimate of drug-likeness (QED) is 0.482. The van der Waals surface area contributed by atoms with Gasteiger partial charge in [-0.3, -0.25) is 4.99 Å². The van der Waals surface area contributed by atoms with Crippen molar-refractivity contribution >= 4 is 17.9 Å². The third-order valence-electron chi connectivity index (χ3n) is 3.75. The smallest absolute Gasteiger partial charge is 0.338 e. The maximum atomic E-state index is 12.1. The number of carbonyl (C=O) groups excluding carboxylic acids is 1. The highest BCUT2D eigenvalue weighted by Crippen LogP contribution is 2.24. The summed E-state index contributed by atoms with van der Waals surface area (Å²) in [5.74, 6) is 1.37. The van der Waals surface area contributed by atoms with Crippen molar-refractivity contribution in [1.29, 1.82) is 0 Å². The molecule has 1 aromatic heterocycles. The van der Waals surface area contributed by atoms with Crippen LogP contribution in [-0.4, -0.2) is 23.9 Å². The number of ether oxygens (including phenoxy) is 1. The predicted molar refractivity (Wildman–Crippen MR) is 105 cm³/mol. The Kier molecular flexibility index (Phi) is 5.71. The maximum absolute atomic E-state index is 12.1. The van der Waals surface area contributed by atoms with Crippen molar-refractivity contribution in [3.63, 3.8) is 0 Å². The van der Waals surface area contributed by atoms with Crippen LogP contribution in [0.15, 0.2) is 70.1 Å². The minimum absolute atomic E-state index is 0.195. The molecule has 0 aliphatic carbocycles. The third kappa shape index (κ3) is 5.07. The minimum atomic E-state index is -0.341. The zero-order valence-electron chi connectivity index (χ0n) is 15.3. The van der Waals surface area contributed by atoms with Crippen LogP contribution in [0.2, 0.25) is 0 Å². The number of nitrogens with zero attached hydrogens (tertiary/aromatic N) is 1.